The lowest BCUT2D eigenvalue weighted by Gasteiger charge is -2.20. The van der Waals surface area contributed by atoms with Gasteiger partial charge in [0.15, 0.2) is 0 Å². The maximum absolute atomic E-state index is 12.5. The SMILES string of the molecule is CC(=O)OC(C)OC(=O)C(Cc1ccccc1)NC(=O)OCc1ccccc1. The summed E-state index contributed by atoms with van der Waals surface area (Å²) in [6.45, 7) is 2.71. The number of rotatable bonds is 8. The quantitative estimate of drug-likeness (QED) is 0.555. The summed E-state index contributed by atoms with van der Waals surface area (Å²) in [6, 6.07) is 17.3. The van der Waals surface area contributed by atoms with Crippen molar-refractivity contribution in [2.45, 2.75) is 39.2 Å². The fourth-order valence-corrected chi connectivity index (χ4v) is 2.45. The van der Waals surface area contributed by atoms with E-state index >= 15 is 0 Å². The van der Waals surface area contributed by atoms with E-state index in [0.717, 1.165) is 11.1 Å². The van der Waals surface area contributed by atoms with Gasteiger partial charge in [-0.15, -0.1) is 0 Å². The van der Waals surface area contributed by atoms with Gasteiger partial charge >= 0.3 is 18.0 Å². The van der Waals surface area contributed by atoms with Crippen LogP contribution in [0.4, 0.5) is 4.79 Å². The van der Waals surface area contributed by atoms with Crippen molar-refractivity contribution in [2.24, 2.45) is 0 Å². The van der Waals surface area contributed by atoms with Crippen molar-refractivity contribution < 1.29 is 28.6 Å². The molecule has 2 unspecified atom stereocenters. The third-order valence-electron chi connectivity index (χ3n) is 3.69. The third-order valence-corrected chi connectivity index (χ3v) is 3.69. The molecule has 0 aromatic heterocycles. The Hall–Kier alpha value is -3.35. The second-order valence-corrected chi connectivity index (χ2v) is 6.06. The zero-order valence-corrected chi connectivity index (χ0v) is 15.8. The lowest BCUT2D eigenvalue weighted by molar-refractivity contribution is -0.184. The molecule has 28 heavy (non-hydrogen) atoms. The molecule has 0 spiro atoms. The van der Waals surface area contributed by atoms with E-state index in [1.165, 1.54) is 13.8 Å². The largest absolute Gasteiger partial charge is 0.445 e. The van der Waals surface area contributed by atoms with Gasteiger partial charge in [0.05, 0.1) is 0 Å². The van der Waals surface area contributed by atoms with Crippen molar-refractivity contribution in [3.05, 3.63) is 71.8 Å². The lowest BCUT2D eigenvalue weighted by atomic mass is 10.1. The van der Waals surface area contributed by atoms with Gasteiger partial charge in [0.2, 0.25) is 6.29 Å². The molecule has 2 aromatic carbocycles. The van der Waals surface area contributed by atoms with Crippen LogP contribution in [0.2, 0.25) is 0 Å². The highest BCUT2D eigenvalue weighted by molar-refractivity contribution is 5.81. The van der Waals surface area contributed by atoms with Crippen molar-refractivity contribution in [2.75, 3.05) is 0 Å². The number of alkyl carbamates (subject to hydrolysis) is 1. The summed E-state index contributed by atoms with van der Waals surface area (Å²) < 4.78 is 15.1. The van der Waals surface area contributed by atoms with Crippen LogP contribution in [0.15, 0.2) is 60.7 Å². The summed E-state index contributed by atoms with van der Waals surface area (Å²) in [5, 5.41) is 2.52. The van der Waals surface area contributed by atoms with Gasteiger partial charge in [-0.05, 0) is 11.1 Å². The molecule has 0 fully saturated rings. The minimum atomic E-state index is -1.06. The van der Waals surface area contributed by atoms with Crippen molar-refractivity contribution in [3.8, 4) is 0 Å². The monoisotopic (exact) mass is 385 g/mol. The predicted molar refractivity (Wildman–Crippen MR) is 101 cm³/mol. The molecule has 0 aliphatic rings. The summed E-state index contributed by atoms with van der Waals surface area (Å²) in [5.74, 6) is -1.30. The second kappa shape index (κ2) is 10.7. The number of amides is 1. The average Bonchev–Trinajstić information content (AvgIpc) is 2.67. The number of carbonyl (C=O) groups excluding carboxylic acids is 3. The molecule has 148 valence electrons. The summed E-state index contributed by atoms with van der Waals surface area (Å²) in [6.07, 6.45) is -1.61. The molecule has 1 amide bonds. The Labute approximate surface area is 163 Å². The van der Waals surface area contributed by atoms with E-state index in [9.17, 15) is 14.4 Å². The van der Waals surface area contributed by atoms with Gasteiger partial charge < -0.3 is 19.5 Å². The topological polar surface area (TPSA) is 90.9 Å². The molecule has 0 saturated carbocycles. The molecular weight excluding hydrogens is 362 g/mol. The molecule has 1 N–H and O–H groups in total. The normalized spacial score (nSPS) is 12.4. The smallest absolute Gasteiger partial charge is 0.408 e. The molecule has 0 bridgehead atoms. The first-order valence-electron chi connectivity index (χ1n) is 8.83. The van der Waals surface area contributed by atoms with E-state index in [-0.39, 0.29) is 13.0 Å². The summed E-state index contributed by atoms with van der Waals surface area (Å²) in [5.41, 5.74) is 1.65. The number of ether oxygens (including phenoxy) is 3. The fraction of sp³-hybridized carbons (Fsp3) is 0.286. The highest BCUT2D eigenvalue weighted by atomic mass is 16.7. The zero-order valence-electron chi connectivity index (χ0n) is 15.8. The Morgan fingerprint density at radius 2 is 1.46 bits per heavy atom. The number of carbonyl (C=O) groups is 3. The van der Waals surface area contributed by atoms with E-state index in [1.54, 1.807) is 0 Å². The van der Waals surface area contributed by atoms with Crippen LogP contribution in [0, 0.1) is 0 Å². The highest BCUT2D eigenvalue weighted by Gasteiger charge is 2.26. The molecule has 2 rings (SSSR count). The molecule has 0 radical (unpaired) electrons. The average molecular weight is 385 g/mol. The maximum Gasteiger partial charge on any atom is 0.408 e. The van der Waals surface area contributed by atoms with Crippen LogP contribution in [0.3, 0.4) is 0 Å². The molecule has 7 nitrogen and oxygen atoms in total. The van der Waals surface area contributed by atoms with Crippen LogP contribution in [-0.2, 0) is 36.8 Å². The van der Waals surface area contributed by atoms with E-state index in [1.807, 2.05) is 60.7 Å². The van der Waals surface area contributed by atoms with Gasteiger partial charge in [-0.3, -0.25) is 4.79 Å². The van der Waals surface area contributed by atoms with E-state index in [4.69, 9.17) is 14.2 Å². The lowest BCUT2D eigenvalue weighted by Crippen LogP contribution is -2.44. The van der Waals surface area contributed by atoms with E-state index in [2.05, 4.69) is 5.32 Å². The Kier molecular flexibility index (Phi) is 8.02. The van der Waals surface area contributed by atoms with Crippen molar-refractivity contribution in [3.63, 3.8) is 0 Å². The molecule has 2 atom stereocenters. The van der Waals surface area contributed by atoms with Crippen LogP contribution in [-0.4, -0.2) is 30.4 Å². The van der Waals surface area contributed by atoms with Crippen LogP contribution in [0.5, 0.6) is 0 Å². The minimum absolute atomic E-state index is 0.0730. The number of nitrogens with one attached hydrogen (secondary N) is 1. The Balaban J connectivity index is 1.99. The predicted octanol–water partition coefficient (Wildman–Crippen LogP) is 2.98. The molecular formula is C21H23NO6. The Bertz CT molecular complexity index is 778. The third kappa shape index (κ3) is 7.49. The number of hydrogen-bond acceptors (Lipinski definition) is 6. The summed E-state index contributed by atoms with van der Waals surface area (Å²) in [4.78, 5) is 35.6. The first kappa shape index (κ1) is 21.0. The van der Waals surface area contributed by atoms with Gasteiger partial charge in [-0.2, -0.15) is 0 Å². The van der Waals surface area contributed by atoms with Gasteiger partial charge in [0, 0.05) is 20.3 Å². The van der Waals surface area contributed by atoms with Gasteiger partial charge in [0.25, 0.3) is 0 Å². The highest BCUT2D eigenvalue weighted by Crippen LogP contribution is 2.08. The van der Waals surface area contributed by atoms with Gasteiger partial charge in [-0.25, -0.2) is 9.59 Å². The summed E-state index contributed by atoms with van der Waals surface area (Å²) >= 11 is 0. The van der Waals surface area contributed by atoms with E-state index in [0.29, 0.717) is 0 Å². The van der Waals surface area contributed by atoms with Crippen LogP contribution in [0.1, 0.15) is 25.0 Å². The first-order valence-corrected chi connectivity index (χ1v) is 8.83. The fourth-order valence-electron chi connectivity index (χ4n) is 2.45. The summed E-state index contributed by atoms with van der Waals surface area (Å²) in [7, 11) is 0. The molecule has 0 heterocycles. The standard InChI is InChI=1S/C21H23NO6/c1-15(23)27-16(2)28-20(24)19(13-17-9-5-3-6-10-17)22-21(25)26-14-18-11-7-4-8-12-18/h3-12,16,19H,13-14H2,1-2H3,(H,22,25). The van der Waals surface area contributed by atoms with Crippen LogP contribution in [0.25, 0.3) is 0 Å². The molecule has 2 aromatic rings. The molecule has 0 aliphatic heterocycles. The molecule has 0 saturated heterocycles. The number of benzene rings is 2. The molecule has 7 heteroatoms. The Morgan fingerprint density at radius 1 is 0.893 bits per heavy atom. The second-order valence-electron chi connectivity index (χ2n) is 6.06. The Morgan fingerprint density at radius 3 is 2.04 bits per heavy atom. The first-order chi connectivity index (χ1) is 13.4. The number of hydrogen-bond donors (Lipinski definition) is 1. The maximum atomic E-state index is 12.5. The van der Waals surface area contributed by atoms with E-state index < -0.39 is 30.4 Å². The van der Waals surface area contributed by atoms with Crippen LogP contribution < -0.4 is 5.32 Å². The van der Waals surface area contributed by atoms with Crippen LogP contribution >= 0.6 is 0 Å². The van der Waals surface area contributed by atoms with Gasteiger partial charge in [-0.1, -0.05) is 60.7 Å². The molecule has 0 aliphatic carbocycles. The van der Waals surface area contributed by atoms with Gasteiger partial charge in [0.1, 0.15) is 12.6 Å². The zero-order chi connectivity index (χ0) is 20.4. The van der Waals surface area contributed by atoms with Crippen molar-refractivity contribution in [1.29, 1.82) is 0 Å². The van der Waals surface area contributed by atoms with Crippen molar-refractivity contribution >= 4 is 18.0 Å². The van der Waals surface area contributed by atoms with Crippen molar-refractivity contribution in [1.82, 2.24) is 5.32 Å². The number of esters is 2. The minimum Gasteiger partial charge on any atom is -0.445 e.